The third-order valence-corrected chi connectivity index (χ3v) is 14.3. The molecule has 3 aromatic heterocycles. The van der Waals surface area contributed by atoms with Crippen LogP contribution in [-0.2, 0) is 25.7 Å². The summed E-state index contributed by atoms with van der Waals surface area (Å²) in [6.07, 6.45) is 2.41. The lowest BCUT2D eigenvalue weighted by Crippen LogP contribution is -2.74. The van der Waals surface area contributed by atoms with E-state index in [1.807, 2.05) is 64.1 Å². The zero-order chi connectivity index (χ0) is 50.5. The number of aliphatic hydroxyl groups is 1. The van der Waals surface area contributed by atoms with E-state index in [-0.39, 0.29) is 50.8 Å². The van der Waals surface area contributed by atoms with Gasteiger partial charge in [0.2, 0.25) is 17.7 Å². The molecule has 4 amide bonds. The largest absolute Gasteiger partial charge is 0.489 e. The molecule has 2 aromatic carbocycles. The molecule has 1 aliphatic heterocycles. The molecule has 368 valence electrons. The van der Waals surface area contributed by atoms with Crippen molar-refractivity contribution in [3.8, 4) is 33.4 Å². The predicted octanol–water partition coefficient (Wildman–Crippen LogP) is 6.95. The maximum absolute atomic E-state index is 14.0. The number of β-amino-alcohol motifs (C(OH)–C–C–N with tert-alkyl or cyclic N) is 1. The van der Waals surface area contributed by atoms with Gasteiger partial charge in [-0.1, -0.05) is 78.3 Å². The van der Waals surface area contributed by atoms with Crippen LogP contribution >= 0.6 is 22.9 Å². The Bertz CT molecular complexity index is 2720. The first-order valence-corrected chi connectivity index (χ1v) is 24.4. The number of hydrogen-bond donors (Lipinski definition) is 5. The predicted molar refractivity (Wildman–Crippen MR) is 268 cm³/mol. The summed E-state index contributed by atoms with van der Waals surface area (Å²) in [7, 11) is 0. The van der Waals surface area contributed by atoms with Crippen LogP contribution in [0.15, 0.2) is 84.6 Å². The number of likely N-dealkylation sites (tertiary alicyclic amines) is 1. The molecule has 18 heteroatoms. The second-order valence-corrected chi connectivity index (χ2v) is 21.3. The molecular formula is C52H60ClN9O7S. The van der Waals surface area contributed by atoms with Crippen molar-refractivity contribution in [1.82, 2.24) is 35.8 Å². The summed E-state index contributed by atoms with van der Waals surface area (Å²) in [5.74, 6) is -0.402. The zero-order valence-electron chi connectivity index (χ0n) is 40.6. The number of halogens is 1. The third kappa shape index (κ3) is 11.6. The molecule has 16 nitrogen and oxygen atoms in total. The van der Waals surface area contributed by atoms with Crippen molar-refractivity contribution in [2.24, 2.45) is 16.2 Å². The highest BCUT2D eigenvalue weighted by Crippen LogP contribution is 2.55. The number of carbonyl (C=O) groups excluding carboxylic acids is 4. The molecule has 1 saturated carbocycles. The summed E-state index contributed by atoms with van der Waals surface area (Å²) in [5, 5.41) is 32.2. The number of ether oxygens (including phenoxy) is 2. The molecule has 0 radical (unpaired) electrons. The van der Waals surface area contributed by atoms with Crippen LogP contribution in [0.3, 0.4) is 0 Å². The summed E-state index contributed by atoms with van der Waals surface area (Å²) >= 11 is 7.78. The van der Waals surface area contributed by atoms with E-state index in [4.69, 9.17) is 21.1 Å². The van der Waals surface area contributed by atoms with Crippen LogP contribution in [0.4, 0.5) is 5.82 Å². The second kappa shape index (κ2) is 21.3. The number of carbonyl (C=O) groups is 4. The highest BCUT2D eigenvalue weighted by molar-refractivity contribution is 7.13. The Hall–Kier alpha value is -6.45. The van der Waals surface area contributed by atoms with Gasteiger partial charge in [-0.3, -0.25) is 24.2 Å². The smallest absolute Gasteiger partial charge is 0.251 e. The number of anilines is 1. The Kier molecular flexibility index (Phi) is 15.6. The van der Waals surface area contributed by atoms with Crippen molar-refractivity contribution < 1.29 is 33.8 Å². The lowest BCUT2D eigenvalue weighted by atomic mass is 9.49. The minimum atomic E-state index is -0.993. The zero-order valence-corrected chi connectivity index (χ0v) is 42.2. The van der Waals surface area contributed by atoms with Crippen LogP contribution < -0.4 is 26.0 Å². The van der Waals surface area contributed by atoms with Crippen LogP contribution in [0, 0.1) is 34.5 Å². The third-order valence-electron chi connectivity index (χ3n) is 13.0. The van der Waals surface area contributed by atoms with Crippen molar-refractivity contribution in [1.29, 1.82) is 5.26 Å². The van der Waals surface area contributed by atoms with Crippen molar-refractivity contribution in [3.63, 3.8) is 0 Å². The van der Waals surface area contributed by atoms with Gasteiger partial charge in [0, 0.05) is 71.5 Å². The lowest BCUT2D eigenvalue weighted by Gasteiger charge is -2.63. The summed E-state index contributed by atoms with van der Waals surface area (Å²) in [6, 6.07) is 19.8. The molecule has 0 spiro atoms. The van der Waals surface area contributed by atoms with E-state index in [2.05, 4.69) is 70.0 Å². The molecule has 1 saturated heterocycles. The SMILES string of the molecule is Cc1ncsc1-c1ccc(CNC(=O)[C@@H]2C[C@@H](O)CN2C(=O)C(NC(=O)COCCNc2ccc(-c3ccc(C(=O)N[C@H]4C(C)(C)[C@H](Oc5ccc(C#N)c(Cl)c5)C4(C)C)cc3)cn2)C(C)(C)C)nc1. The minimum absolute atomic E-state index is 0.0418. The normalized spacial score (nSPS) is 19.5. The summed E-state index contributed by atoms with van der Waals surface area (Å²) in [6.45, 7) is 16.0. The van der Waals surface area contributed by atoms with E-state index < -0.39 is 52.2 Å². The molecule has 2 aliphatic rings. The number of hydrogen-bond acceptors (Lipinski definition) is 13. The molecule has 70 heavy (non-hydrogen) atoms. The molecule has 5 aromatic rings. The maximum atomic E-state index is 14.0. The number of aryl methyl sites for hydroxylation is 1. The Labute approximate surface area is 417 Å². The molecule has 5 N–H and O–H groups in total. The van der Waals surface area contributed by atoms with Gasteiger partial charge in [0.05, 0.1) is 51.6 Å². The lowest BCUT2D eigenvalue weighted by molar-refractivity contribution is -0.164. The first-order valence-electron chi connectivity index (χ1n) is 23.1. The number of pyridine rings is 2. The Balaban J connectivity index is 0.839. The second-order valence-electron chi connectivity index (χ2n) is 20.1. The van der Waals surface area contributed by atoms with Gasteiger partial charge in [0.25, 0.3) is 5.91 Å². The fraction of sp³-hybridized carbons (Fsp3) is 0.423. The molecular weight excluding hydrogens is 930 g/mol. The minimum Gasteiger partial charge on any atom is -0.489 e. The molecule has 3 atom stereocenters. The van der Waals surface area contributed by atoms with Crippen LogP contribution in [0.25, 0.3) is 21.6 Å². The number of rotatable bonds is 17. The summed E-state index contributed by atoms with van der Waals surface area (Å²) in [4.78, 5) is 69.7. The number of nitriles is 1. The van der Waals surface area contributed by atoms with Crippen LogP contribution in [0.2, 0.25) is 5.02 Å². The van der Waals surface area contributed by atoms with E-state index in [0.717, 1.165) is 27.3 Å². The fourth-order valence-corrected chi connectivity index (χ4v) is 10.6. The summed E-state index contributed by atoms with van der Waals surface area (Å²) in [5.41, 5.74) is 5.39. The Morgan fingerprint density at radius 3 is 2.27 bits per heavy atom. The molecule has 2 fully saturated rings. The number of thiazole rings is 1. The highest BCUT2D eigenvalue weighted by Gasteiger charge is 2.64. The van der Waals surface area contributed by atoms with Gasteiger partial charge in [-0.2, -0.15) is 5.26 Å². The molecule has 7 rings (SSSR count). The van der Waals surface area contributed by atoms with Gasteiger partial charge in [-0.15, -0.1) is 11.3 Å². The number of nitrogens with one attached hydrogen (secondary N) is 4. The van der Waals surface area contributed by atoms with Gasteiger partial charge in [0.15, 0.2) is 0 Å². The van der Waals surface area contributed by atoms with Gasteiger partial charge in [-0.05, 0) is 60.4 Å². The van der Waals surface area contributed by atoms with Crippen molar-refractivity contribution >= 4 is 52.4 Å². The highest BCUT2D eigenvalue weighted by atomic mass is 35.5. The first kappa shape index (κ1) is 51.4. The monoisotopic (exact) mass is 989 g/mol. The standard InChI is InChI=1S/C52H60ClN9O7S/c1-30-43(70-29-59-30)35-13-16-36(56-25-35)26-58-46(66)40-21-37(63)27-62(40)47(67)44(50(2,3)4)60-42(64)28-68-20-19-55-41-18-15-34(24-57-41)31-9-11-32(12-10-31)45(65)61-48-51(5,6)49(52(48,7)8)69-38-17-14-33(23-54)39(53)22-38/h9-18,22,24-25,29,37,40,44,48-49,63H,19-21,26-28H2,1-8H3,(H,55,57)(H,58,66)(H,60,64)(H,61,65)/t37-,40+,44?,48-,49-/m1/s1. The van der Waals surface area contributed by atoms with E-state index >= 15 is 0 Å². The van der Waals surface area contributed by atoms with Crippen molar-refractivity contribution in [2.75, 3.05) is 31.6 Å². The van der Waals surface area contributed by atoms with Crippen LogP contribution in [0.5, 0.6) is 5.75 Å². The van der Waals surface area contributed by atoms with Crippen LogP contribution in [-0.4, -0.2) is 105 Å². The van der Waals surface area contributed by atoms with Gasteiger partial charge in [0.1, 0.15) is 42.4 Å². The van der Waals surface area contributed by atoms with E-state index in [9.17, 15) is 29.5 Å². The van der Waals surface area contributed by atoms with Crippen molar-refractivity contribution in [3.05, 3.63) is 112 Å². The molecule has 1 unspecified atom stereocenters. The number of nitrogens with zero attached hydrogens (tertiary/aromatic N) is 5. The van der Waals surface area contributed by atoms with Gasteiger partial charge >= 0.3 is 0 Å². The molecule has 0 bridgehead atoms. The maximum Gasteiger partial charge on any atom is 0.251 e. The first-order chi connectivity index (χ1) is 33.2. The number of benzene rings is 2. The average molecular weight is 991 g/mol. The number of aromatic nitrogens is 3. The van der Waals surface area contributed by atoms with E-state index in [1.165, 1.54) is 16.2 Å². The topological polar surface area (TPSA) is 221 Å². The van der Waals surface area contributed by atoms with E-state index in [1.54, 1.807) is 48.2 Å². The Morgan fingerprint density at radius 1 is 0.957 bits per heavy atom. The fourth-order valence-electron chi connectivity index (χ4n) is 9.57. The van der Waals surface area contributed by atoms with E-state index in [0.29, 0.717) is 40.0 Å². The Morgan fingerprint density at radius 2 is 1.66 bits per heavy atom. The van der Waals surface area contributed by atoms with Crippen molar-refractivity contribution in [2.45, 2.75) is 98.7 Å². The van der Waals surface area contributed by atoms with Gasteiger partial charge < -0.3 is 40.7 Å². The quantitative estimate of drug-likeness (QED) is 0.0598. The van der Waals surface area contributed by atoms with Gasteiger partial charge in [-0.25, -0.2) is 9.97 Å². The molecule has 4 heterocycles. The average Bonchev–Trinajstić information content (AvgIpc) is 3.95. The number of aliphatic hydroxyl groups excluding tert-OH is 1. The summed E-state index contributed by atoms with van der Waals surface area (Å²) < 4.78 is 12.0. The van der Waals surface area contributed by atoms with Crippen LogP contribution in [0.1, 0.15) is 82.2 Å². The number of amides is 4. The molecule has 1 aliphatic carbocycles.